The standard InChI is InChI=1S/C29H31ClN2O/c30-27-13-10-23(11-14-27)22-6-8-24(9-7-22)29(33)31-28-15-12-25-18-21(4-5-26(25)19-28)20-32-16-2-1-3-17-32/h6-15,19,21H,1-5,16-18,20H2,(H,31,33). The molecule has 3 aromatic rings. The molecule has 0 aromatic heterocycles. The number of anilines is 1. The summed E-state index contributed by atoms with van der Waals surface area (Å²) in [5, 5.41) is 3.81. The van der Waals surface area contributed by atoms with Crippen molar-refractivity contribution in [2.45, 2.75) is 38.5 Å². The number of rotatable bonds is 5. The number of amides is 1. The highest BCUT2D eigenvalue weighted by Gasteiger charge is 2.22. The number of hydrogen-bond acceptors (Lipinski definition) is 2. The van der Waals surface area contributed by atoms with Gasteiger partial charge in [0.15, 0.2) is 0 Å². The van der Waals surface area contributed by atoms with Crippen LogP contribution in [0.5, 0.6) is 0 Å². The Morgan fingerprint density at radius 2 is 1.58 bits per heavy atom. The summed E-state index contributed by atoms with van der Waals surface area (Å²) in [6.45, 7) is 3.79. The van der Waals surface area contributed by atoms with Crippen LogP contribution in [-0.4, -0.2) is 30.4 Å². The monoisotopic (exact) mass is 458 g/mol. The highest BCUT2D eigenvalue weighted by atomic mass is 35.5. The average Bonchev–Trinajstić information content (AvgIpc) is 2.85. The molecule has 1 amide bonds. The molecule has 1 N–H and O–H groups in total. The zero-order valence-corrected chi connectivity index (χ0v) is 19.8. The quantitative estimate of drug-likeness (QED) is 0.453. The summed E-state index contributed by atoms with van der Waals surface area (Å²) >= 11 is 5.98. The molecule has 170 valence electrons. The number of nitrogens with one attached hydrogen (secondary N) is 1. The second-order valence-corrected chi connectivity index (χ2v) is 9.93. The van der Waals surface area contributed by atoms with Gasteiger partial charge in [0.2, 0.25) is 0 Å². The van der Waals surface area contributed by atoms with E-state index in [1.54, 1.807) is 0 Å². The second-order valence-electron chi connectivity index (χ2n) is 9.49. The molecule has 1 unspecified atom stereocenters. The number of nitrogens with zero attached hydrogens (tertiary/aromatic N) is 1. The molecular weight excluding hydrogens is 428 g/mol. The van der Waals surface area contributed by atoms with Crippen molar-refractivity contribution in [3.8, 4) is 11.1 Å². The van der Waals surface area contributed by atoms with E-state index in [1.165, 1.54) is 56.4 Å². The van der Waals surface area contributed by atoms with Crippen LogP contribution in [0.15, 0.2) is 66.7 Å². The zero-order chi connectivity index (χ0) is 22.6. The van der Waals surface area contributed by atoms with Gasteiger partial charge in [-0.25, -0.2) is 0 Å². The van der Waals surface area contributed by atoms with Gasteiger partial charge in [-0.1, -0.05) is 48.4 Å². The van der Waals surface area contributed by atoms with Crippen molar-refractivity contribution in [3.63, 3.8) is 0 Å². The maximum Gasteiger partial charge on any atom is 0.255 e. The first-order chi connectivity index (χ1) is 16.1. The van der Waals surface area contributed by atoms with E-state index in [0.29, 0.717) is 5.56 Å². The summed E-state index contributed by atoms with van der Waals surface area (Å²) in [6, 6.07) is 21.9. The van der Waals surface area contributed by atoms with Crippen LogP contribution in [-0.2, 0) is 12.8 Å². The number of carbonyl (C=O) groups is 1. The molecule has 1 aliphatic carbocycles. The Morgan fingerprint density at radius 3 is 2.30 bits per heavy atom. The average molecular weight is 459 g/mol. The fourth-order valence-corrected chi connectivity index (χ4v) is 5.36. The van der Waals surface area contributed by atoms with Gasteiger partial charge < -0.3 is 10.2 Å². The van der Waals surface area contributed by atoms with Gasteiger partial charge in [0.1, 0.15) is 0 Å². The van der Waals surface area contributed by atoms with Crippen LogP contribution in [0.4, 0.5) is 5.69 Å². The molecule has 1 fully saturated rings. The summed E-state index contributed by atoms with van der Waals surface area (Å²) in [5.74, 6) is 0.687. The number of fused-ring (bicyclic) bond motifs is 1. The van der Waals surface area contributed by atoms with Crippen molar-refractivity contribution >= 4 is 23.2 Å². The Morgan fingerprint density at radius 1 is 0.879 bits per heavy atom. The zero-order valence-electron chi connectivity index (χ0n) is 19.0. The van der Waals surface area contributed by atoms with Crippen LogP contribution in [0.25, 0.3) is 11.1 Å². The first kappa shape index (κ1) is 22.2. The van der Waals surface area contributed by atoms with Gasteiger partial charge in [-0.2, -0.15) is 0 Å². The molecule has 1 aliphatic heterocycles. The van der Waals surface area contributed by atoms with E-state index < -0.39 is 0 Å². The first-order valence-corrected chi connectivity index (χ1v) is 12.5. The van der Waals surface area contributed by atoms with Crippen molar-refractivity contribution in [1.82, 2.24) is 4.90 Å². The van der Waals surface area contributed by atoms with Crippen LogP contribution < -0.4 is 5.32 Å². The molecule has 5 rings (SSSR count). The van der Waals surface area contributed by atoms with Crippen LogP contribution in [0.3, 0.4) is 0 Å². The van der Waals surface area contributed by atoms with Gasteiger partial charge in [0.25, 0.3) is 5.91 Å². The maximum absolute atomic E-state index is 12.8. The molecule has 1 heterocycles. The predicted octanol–water partition coefficient (Wildman–Crippen LogP) is 6.85. The molecule has 2 aliphatic rings. The maximum atomic E-state index is 12.8. The molecule has 1 atom stereocenters. The molecule has 3 nitrogen and oxygen atoms in total. The topological polar surface area (TPSA) is 32.3 Å². The molecule has 33 heavy (non-hydrogen) atoms. The van der Waals surface area contributed by atoms with E-state index in [9.17, 15) is 4.79 Å². The lowest BCUT2D eigenvalue weighted by Crippen LogP contribution is -2.36. The van der Waals surface area contributed by atoms with Gasteiger partial charge in [0.05, 0.1) is 0 Å². The molecular formula is C29H31ClN2O. The van der Waals surface area contributed by atoms with Crippen molar-refractivity contribution in [2.75, 3.05) is 25.0 Å². The fraction of sp³-hybridized carbons (Fsp3) is 0.345. The number of benzene rings is 3. The van der Waals surface area contributed by atoms with Gasteiger partial charge in [-0.3, -0.25) is 4.79 Å². The highest BCUT2D eigenvalue weighted by Crippen LogP contribution is 2.29. The molecule has 0 radical (unpaired) electrons. The van der Waals surface area contributed by atoms with Crippen molar-refractivity contribution in [1.29, 1.82) is 0 Å². The summed E-state index contributed by atoms with van der Waals surface area (Å²) in [6.07, 6.45) is 7.62. The Labute approximate surface area is 201 Å². The Hall–Kier alpha value is -2.62. The van der Waals surface area contributed by atoms with Crippen LogP contribution in [0, 0.1) is 5.92 Å². The van der Waals surface area contributed by atoms with Crippen molar-refractivity contribution in [2.24, 2.45) is 5.92 Å². The summed E-state index contributed by atoms with van der Waals surface area (Å²) in [4.78, 5) is 15.5. The molecule has 4 heteroatoms. The van der Waals surface area contributed by atoms with Crippen LogP contribution >= 0.6 is 11.6 Å². The lowest BCUT2D eigenvalue weighted by Gasteiger charge is -2.33. The third kappa shape index (κ3) is 5.48. The Kier molecular flexibility index (Phi) is 6.80. The Bertz CT molecular complexity index is 1100. The van der Waals surface area contributed by atoms with Gasteiger partial charge in [-0.15, -0.1) is 0 Å². The summed E-state index contributed by atoms with van der Waals surface area (Å²) in [7, 11) is 0. The molecule has 3 aromatic carbocycles. The third-order valence-corrected chi connectivity index (χ3v) is 7.34. The highest BCUT2D eigenvalue weighted by molar-refractivity contribution is 6.30. The SMILES string of the molecule is O=C(Nc1ccc2c(c1)CCC(CN1CCCCC1)C2)c1ccc(-c2ccc(Cl)cc2)cc1. The minimum absolute atomic E-state index is 0.0728. The van der Waals surface area contributed by atoms with Crippen LogP contribution in [0.1, 0.15) is 47.2 Å². The minimum Gasteiger partial charge on any atom is -0.322 e. The molecule has 0 saturated carbocycles. The number of piperidine rings is 1. The summed E-state index contributed by atoms with van der Waals surface area (Å²) < 4.78 is 0. The Balaban J connectivity index is 1.20. The number of aryl methyl sites for hydroxylation is 1. The lowest BCUT2D eigenvalue weighted by molar-refractivity contribution is 0.102. The number of hydrogen-bond donors (Lipinski definition) is 1. The number of halogens is 1. The first-order valence-electron chi connectivity index (χ1n) is 12.2. The van der Waals surface area contributed by atoms with E-state index >= 15 is 0 Å². The van der Waals surface area contributed by atoms with Gasteiger partial charge >= 0.3 is 0 Å². The largest absolute Gasteiger partial charge is 0.322 e. The second kappa shape index (κ2) is 10.1. The summed E-state index contributed by atoms with van der Waals surface area (Å²) in [5.41, 5.74) is 6.53. The smallest absolute Gasteiger partial charge is 0.255 e. The van der Waals surface area contributed by atoms with E-state index in [0.717, 1.165) is 40.6 Å². The molecule has 0 spiro atoms. The normalized spacial score (nSPS) is 18.5. The predicted molar refractivity (Wildman–Crippen MR) is 137 cm³/mol. The van der Waals surface area contributed by atoms with Crippen molar-refractivity contribution in [3.05, 3.63) is 88.4 Å². The van der Waals surface area contributed by atoms with Crippen molar-refractivity contribution < 1.29 is 4.79 Å². The number of carbonyl (C=O) groups excluding carboxylic acids is 1. The van der Waals surface area contributed by atoms with Gasteiger partial charge in [0, 0.05) is 22.8 Å². The lowest BCUT2D eigenvalue weighted by atomic mass is 9.83. The van der Waals surface area contributed by atoms with Gasteiger partial charge in [-0.05, 0) is 110 Å². The fourth-order valence-electron chi connectivity index (χ4n) is 5.23. The molecule has 1 saturated heterocycles. The van der Waals surface area contributed by atoms with E-state index in [-0.39, 0.29) is 5.91 Å². The third-order valence-electron chi connectivity index (χ3n) is 7.08. The van der Waals surface area contributed by atoms with E-state index in [4.69, 9.17) is 11.6 Å². The van der Waals surface area contributed by atoms with Crippen LogP contribution in [0.2, 0.25) is 5.02 Å². The molecule has 0 bridgehead atoms. The minimum atomic E-state index is -0.0728. The van der Waals surface area contributed by atoms with E-state index in [2.05, 4.69) is 28.4 Å². The van der Waals surface area contributed by atoms with E-state index in [1.807, 2.05) is 48.5 Å². The number of likely N-dealkylation sites (tertiary alicyclic amines) is 1.